The summed E-state index contributed by atoms with van der Waals surface area (Å²) >= 11 is 0. The quantitative estimate of drug-likeness (QED) is 0.614. The molecule has 4 heteroatoms. The first-order valence-corrected chi connectivity index (χ1v) is 6.85. The highest BCUT2D eigenvalue weighted by molar-refractivity contribution is 4.93. The summed E-state index contributed by atoms with van der Waals surface area (Å²) in [6, 6.07) is 0.300. The molecule has 0 aromatic rings. The molecule has 0 saturated heterocycles. The van der Waals surface area contributed by atoms with Gasteiger partial charge in [-0.1, -0.05) is 6.92 Å². The highest BCUT2D eigenvalue weighted by Crippen LogP contribution is 2.33. The molecule has 0 spiro atoms. The van der Waals surface area contributed by atoms with Crippen LogP contribution in [0.4, 0.5) is 0 Å². The molecule has 102 valence electrons. The second kappa shape index (κ2) is 7.31. The maximum Gasteiger partial charge on any atom is 0.0602 e. The van der Waals surface area contributed by atoms with E-state index in [2.05, 4.69) is 30.8 Å². The zero-order valence-electron chi connectivity index (χ0n) is 11.6. The van der Waals surface area contributed by atoms with E-state index < -0.39 is 0 Å². The van der Waals surface area contributed by atoms with E-state index in [4.69, 9.17) is 5.73 Å². The number of likely N-dealkylation sites (N-methyl/N-ethyl adjacent to an activating group) is 1. The normalized spacial score (nSPS) is 19.9. The van der Waals surface area contributed by atoms with Crippen LogP contribution in [-0.4, -0.2) is 67.3 Å². The van der Waals surface area contributed by atoms with Gasteiger partial charge in [0.1, 0.15) is 0 Å². The summed E-state index contributed by atoms with van der Waals surface area (Å²) in [4.78, 5) is 4.54. The number of hydrogen-bond acceptors (Lipinski definition) is 4. The van der Waals surface area contributed by atoms with E-state index in [1.807, 2.05) is 0 Å². The van der Waals surface area contributed by atoms with E-state index >= 15 is 0 Å². The molecule has 4 nitrogen and oxygen atoms in total. The molecule has 0 amide bonds. The Morgan fingerprint density at radius 3 is 2.35 bits per heavy atom. The van der Waals surface area contributed by atoms with Crippen LogP contribution >= 0.6 is 0 Å². The Bertz CT molecular complexity index is 207. The van der Waals surface area contributed by atoms with E-state index in [1.165, 1.54) is 12.8 Å². The molecule has 0 aliphatic heterocycles. The molecule has 0 bridgehead atoms. The zero-order valence-corrected chi connectivity index (χ0v) is 11.6. The average molecular weight is 243 g/mol. The molecule has 0 radical (unpaired) electrons. The Balaban J connectivity index is 2.38. The molecular formula is C13H29N3O. The van der Waals surface area contributed by atoms with E-state index in [0.717, 1.165) is 26.1 Å². The van der Waals surface area contributed by atoms with Crippen molar-refractivity contribution in [2.24, 2.45) is 11.7 Å². The van der Waals surface area contributed by atoms with Crippen LogP contribution in [0.5, 0.6) is 0 Å². The molecule has 1 fully saturated rings. The zero-order chi connectivity index (χ0) is 12.8. The first kappa shape index (κ1) is 14.9. The lowest BCUT2D eigenvalue weighted by molar-refractivity contribution is 0.0994. The first-order valence-electron chi connectivity index (χ1n) is 6.85. The smallest absolute Gasteiger partial charge is 0.0602 e. The number of rotatable bonds is 9. The lowest BCUT2D eigenvalue weighted by atomic mass is 10.0. The highest BCUT2D eigenvalue weighted by Gasteiger charge is 2.35. The van der Waals surface area contributed by atoms with Gasteiger partial charge in [-0.15, -0.1) is 0 Å². The lowest BCUT2D eigenvalue weighted by Crippen LogP contribution is -2.51. The molecule has 1 saturated carbocycles. The predicted molar refractivity (Wildman–Crippen MR) is 72.0 cm³/mol. The van der Waals surface area contributed by atoms with Crippen molar-refractivity contribution in [1.82, 2.24) is 9.80 Å². The van der Waals surface area contributed by atoms with Gasteiger partial charge in [-0.25, -0.2) is 0 Å². The van der Waals surface area contributed by atoms with Crippen molar-refractivity contribution in [2.45, 2.75) is 38.3 Å². The number of hydrogen-bond donors (Lipinski definition) is 2. The van der Waals surface area contributed by atoms with Crippen LogP contribution in [0.1, 0.15) is 26.2 Å². The van der Waals surface area contributed by atoms with Gasteiger partial charge in [0.25, 0.3) is 0 Å². The Kier molecular flexibility index (Phi) is 6.41. The third-order valence-electron chi connectivity index (χ3n) is 3.72. The van der Waals surface area contributed by atoms with Gasteiger partial charge >= 0.3 is 0 Å². The maximum absolute atomic E-state index is 9.55. The van der Waals surface area contributed by atoms with Crippen LogP contribution in [-0.2, 0) is 0 Å². The summed E-state index contributed by atoms with van der Waals surface area (Å²) in [7, 11) is 4.19. The van der Waals surface area contributed by atoms with Gasteiger partial charge in [0.05, 0.1) is 6.61 Å². The lowest BCUT2D eigenvalue weighted by Gasteiger charge is -2.34. The summed E-state index contributed by atoms with van der Waals surface area (Å²) < 4.78 is 0. The minimum absolute atomic E-state index is 0.148. The number of aliphatic hydroxyl groups is 1. The number of nitrogens with zero attached hydrogens (tertiary/aromatic N) is 2. The molecule has 1 aliphatic carbocycles. The monoisotopic (exact) mass is 243 g/mol. The van der Waals surface area contributed by atoms with Gasteiger partial charge in [-0.2, -0.15) is 0 Å². The third-order valence-corrected chi connectivity index (χ3v) is 3.72. The van der Waals surface area contributed by atoms with Crippen molar-refractivity contribution < 1.29 is 5.11 Å². The summed E-state index contributed by atoms with van der Waals surface area (Å²) in [6.07, 6.45) is 3.62. The Morgan fingerprint density at radius 1 is 1.29 bits per heavy atom. The average Bonchev–Trinajstić information content (AvgIpc) is 3.10. The molecule has 1 rings (SSSR count). The molecule has 17 heavy (non-hydrogen) atoms. The predicted octanol–water partition coefficient (Wildman–Crippen LogP) is 0.358. The van der Waals surface area contributed by atoms with E-state index in [9.17, 15) is 5.11 Å². The fourth-order valence-electron chi connectivity index (χ4n) is 2.42. The van der Waals surface area contributed by atoms with E-state index in [0.29, 0.717) is 5.92 Å². The van der Waals surface area contributed by atoms with Gasteiger partial charge in [0.2, 0.25) is 0 Å². The van der Waals surface area contributed by atoms with Gasteiger partial charge in [-0.3, -0.25) is 4.90 Å². The van der Waals surface area contributed by atoms with Crippen molar-refractivity contribution in [1.29, 1.82) is 0 Å². The topological polar surface area (TPSA) is 52.7 Å². The van der Waals surface area contributed by atoms with Gasteiger partial charge in [0, 0.05) is 12.1 Å². The van der Waals surface area contributed by atoms with Gasteiger partial charge < -0.3 is 15.7 Å². The van der Waals surface area contributed by atoms with Crippen molar-refractivity contribution in [3.63, 3.8) is 0 Å². The fraction of sp³-hybridized carbons (Fsp3) is 1.00. The molecule has 2 atom stereocenters. The second-order valence-electron chi connectivity index (χ2n) is 5.45. The van der Waals surface area contributed by atoms with Crippen molar-refractivity contribution in [2.75, 3.05) is 40.3 Å². The first-order chi connectivity index (χ1) is 8.10. The van der Waals surface area contributed by atoms with Crippen molar-refractivity contribution in [3.05, 3.63) is 0 Å². The fourth-order valence-corrected chi connectivity index (χ4v) is 2.42. The van der Waals surface area contributed by atoms with Crippen LogP contribution in [0.3, 0.4) is 0 Å². The van der Waals surface area contributed by atoms with Crippen molar-refractivity contribution >= 4 is 0 Å². The summed E-state index contributed by atoms with van der Waals surface area (Å²) in [5.41, 5.74) is 6.23. The van der Waals surface area contributed by atoms with Crippen LogP contribution in [0, 0.1) is 5.92 Å². The van der Waals surface area contributed by atoms with Crippen LogP contribution in [0.2, 0.25) is 0 Å². The summed E-state index contributed by atoms with van der Waals surface area (Å²) in [5, 5.41) is 9.55. The standard InChI is InChI=1S/C13H29N3O/c1-4-16(9-5-8-15(2)3)12(10-17)13(14)11-6-7-11/h11-13,17H,4-10,14H2,1-3H3. The van der Waals surface area contributed by atoms with E-state index in [-0.39, 0.29) is 18.7 Å². The molecule has 0 heterocycles. The molecule has 0 aromatic carbocycles. The number of nitrogens with two attached hydrogens (primary N) is 1. The van der Waals surface area contributed by atoms with Crippen molar-refractivity contribution in [3.8, 4) is 0 Å². The number of aliphatic hydroxyl groups excluding tert-OH is 1. The molecule has 3 N–H and O–H groups in total. The van der Waals surface area contributed by atoms with Crippen LogP contribution in [0.15, 0.2) is 0 Å². The van der Waals surface area contributed by atoms with Gasteiger partial charge in [-0.05, 0) is 58.9 Å². The van der Waals surface area contributed by atoms with Gasteiger partial charge in [0.15, 0.2) is 0 Å². The molecule has 0 aromatic heterocycles. The summed E-state index contributed by atoms with van der Waals surface area (Å²) in [5.74, 6) is 0.648. The second-order valence-corrected chi connectivity index (χ2v) is 5.45. The summed E-state index contributed by atoms with van der Waals surface area (Å²) in [6.45, 7) is 5.43. The largest absolute Gasteiger partial charge is 0.395 e. The third kappa shape index (κ3) is 4.92. The van der Waals surface area contributed by atoms with Crippen LogP contribution < -0.4 is 5.73 Å². The maximum atomic E-state index is 9.55. The highest BCUT2D eigenvalue weighted by atomic mass is 16.3. The van der Waals surface area contributed by atoms with Crippen LogP contribution in [0.25, 0.3) is 0 Å². The minimum atomic E-state index is 0.148. The minimum Gasteiger partial charge on any atom is -0.395 e. The molecule has 2 unspecified atom stereocenters. The molecule has 1 aliphatic rings. The SMILES string of the molecule is CCN(CCCN(C)C)C(CO)C(N)C1CC1. The van der Waals surface area contributed by atoms with E-state index in [1.54, 1.807) is 0 Å². The Morgan fingerprint density at radius 2 is 1.94 bits per heavy atom. The Labute approximate surface area is 106 Å². The molecular weight excluding hydrogens is 214 g/mol. The Hall–Kier alpha value is -0.160.